The number of rotatable bonds is 6. The molecule has 1 atom stereocenters. The minimum absolute atomic E-state index is 0.0553. The van der Waals surface area contributed by atoms with Gasteiger partial charge in [-0.15, -0.1) is 0 Å². The summed E-state index contributed by atoms with van der Waals surface area (Å²) < 4.78 is 19.7. The molecule has 0 saturated heterocycles. The fourth-order valence-electron chi connectivity index (χ4n) is 1.31. The average Bonchev–Trinajstić information content (AvgIpc) is 2.29. The quantitative estimate of drug-likeness (QED) is 0.846. The van der Waals surface area contributed by atoms with Crippen LogP contribution in [0.15, 0.2) is 12.3 Å². The van der Waals surface area contributed by atoms with Crippen LogP contribution in [0.5, 0.6) is 5.88 Å². The lowest BCUT2D eigenvalue weighted by molar-refractivity contribution is 0.155. The average molecular weight is 254 g/mol. The van der Waals surface area contributed by atoms with Crippen LogP contribution >= 0.6 is 0 Å². The van der Waals surface area contributed by atoms with Gasteiger partial charge < -0.3 is 10.1 Å². The Balaban J connectivity index is 2.78. The van der Waals surface area contributed by atoms with Gasteiger partial charge in [-0.05, 0) is 18.9 Å². The van der Waals surface area contributed by atoms with E-state index in [2.05, 4.69) is 10.3 Å². The van der Waals surface area contributed by atoms with Gasteiger partial charge in [0.25, 0.3) is 5.88 Å². The third-order valence-corrected chi connectivity index (χ3v) is 2.87. The third kappa shape index (κ3) is 4.26. The van der Waals surface area contributed by atoms with Crippen LogP contribution in [0.25, 0.3) is 0 Å². The van der Waals surface area contributed by atoms with Gasteiger partial charge in [-0.2, -0.15) is 0 Å². The number of halogens is 1. The summed E-state index contributed by atoms with van der Waals surface area (Å²) in [5.74, 6) is 0.0565. The lowest BCUT2D eigenvalue weighted by Gasteiger charge is -2.18. The standard InChI is InChI=1S/C14H23FN2O/c1-9(2)11(5)18-14-13(15)12(6-7-16-14)8-17-10(3)4/h6-7,9-11,17H,8H2,1-5H3. The molecule has 1 aromatic heterocycles. The largest absolute Gasteiger partial charge is 0.472 e. The predicted octanol–water partition coefficient (Wildman–Crippen LogP) is 3.14. The Hall–Kier alpha value is -1.16. The Morgan fingerprint density at radius 3 is 2.50 bits per heavy atom. The Morgan fingerprint density at radius 2 is 1.94 bits per heavy atom. The number of nitrogens with one attached hydrogen (secondary N) is 1. The first-order valence-electron chi connectivity index (χ1n) is 6.45. The van der Waals surface area contributed by atoms with E-state index < -0.39 is 0 Å². The zero-order valence-corrected chi connectivity index (χ0v) is 11.8. The van der Waals surface area contributed by atoms with Gasteiger partial charge in [-0.1, -0.05) is 27.7 Å². The number of nitrogens with zero attached hydrogens (tertiary/aromatic N) is 1. The zero-order valence-electron chi connectivity index (χ0n) is 11.8. The van der Waals surface area contributed by atoms with E-state index in [1.54, 1.807) is 12.3 Å². The predicted molar refractivity (Wildman–Crippen MR) is 71.1 cm³/mol. The van der Waals surface area contributed by atoms with Crippen molar-refractivity contribution in [2.24, 2.45) is 5.92 Å². The molecule has 0 aliphatic carbocycles. The van der Waals surface area contributed by atoms with E-state index in [0.717, 1.165) is 0 Å². The van der Waals surface area contributed by atoms with E-state index in [0.29, 0.717) is 24.1 Å². The third-order valence-electron chi connectivity index (χ3n) is 2.87. The lowest BCUT2D eigenvalue weighted by atomic mass is 10.1. The second kappa shape index (κ2) is 6.69. The summed E-state index contributed by atoms with van der Waals surface area (Å²) in [5.41, 5.74) is 0.588. The first-order valence-corrected chi connectivity index (χ1v) is 6.45. The van der Waals surface area contributed by atoms with Gasteiger partial charge in [-0.3, -0.25) is 0 Å². The zero-order chi connectivity index (χ0) is 13.7. The molecule has 1 aromatic rings. The highest BCUT2D eigenvalue weighted by molar-refractivity contribution is 5.23. The maximum atomic E-state index is 14.1. The number of hydrogen-bond donors (Lipinski definition) is 1. The molecule has 1 N–H and O–H groups in total. The van der Waals surface area contributed by atoms with Crippen LogP contribution in [0, 0.1) is 11.7 Å². The molecule has 18 heavy (non-hydrogen) atoms. The Morgan fingerprint density at radius 1 is 1.28 bits per heavy atom. The fraction of sp³-hybridized carbons (Fsp3) is 0.643. The Labute approximate surface area is 109 Å². The summed E-state index contributed by atoms with van der Waals surface area (Å²) in [5, 5.41) is 3.18. The molecule has 0 aromatic carbocycles. The molecule has 0 aliphatic heterocycles. The van der Waals surface area contributed by atoms with Gasteiger partial charge in [0.15, 0.2) is 5.82 Å². The summed E-state index contributed by atoms with van der Waals surface area (Å²) in [7, 11) is 0. The van der Waals surface area contributed by atoms with Gasteiger partial charge in [0.05, 0.1) is 0 Å². The van der Waals surface area contributed by atoms with Crippen LogP contribution in [0.3, 0.4) is 0 Å². The van der Waals surface area contributed by atoms with E-state index in [4.69, 9.17) is 4.74 Å². The van der Waals surface area contributed by atoms with E-state index in [-0.39, 0.29) is 17.8 Å². The van der Waals surface area contributed by atoms with Crippen molar-refractivity contribution in [2.75, 3.05) is 0 Å². The Kier molecular flexibility index (Phi) is 5.54. The van der Waals surface area contributed by atoms with Crippen molar-refractivity contribution in [3.05, 3.63) is 23.6 Å². The topological polar surface area (TPSA) is 34.2 Å². The first-order chi connectivity index (χ1) is 8.41. The lowest BCUT2D eigenvalue weighted by Crippen LogP contribution is -2.23. The summed E-state index contributed by atoms with van der Waals surface area (Å²) in [6, 6.07) is 1.99. The molecule has 0 aliphatic rings. The highest BCUT2D eigenvalue weighted by Crippen LogP contribution is 2.20. The second-order valence-corrected chi connectivity index (χ2v) is 5.19. The molecule has 3 nitrogen and oxygen atoms in total. The van der Waals surface area contributed by atoms with Gasteiger partial charge in [-0.25, -0.2) is 9.37 Å². The van der Waals surface area contributed by atoms with Crippen LogP contribution in [0.4, 0.5) is 4.39 Å². The maximum Gasteiger partial charge on any atom is 0.250 e. The molecule has 102 valence electrons. The van der Waals surface area contributed by atoms with Crippen molar-refractivity contribution in [3.63, 3.8) is 0 Å². The van der Waals surface area contributed by atoms with Crippen LogP contribution in [-0.2, 0) is 6.54 Å². The first kappa shape index (κ1) is 14.9. The number of ether oxygens (including phenoxy) is 1. The fourth-order valence-corrected chi connectivity index (χ4v) is 1.31. The summed E-state index contributed by atoms with van der Waals surface area (Å²) in [4.78, 5) is 3.96. The van der Waals surface area contributed by atoms with E-state index in [1.165, 1.54) is 0 Å². The summed E-state index contributed by atoms with van der Waals surface area (Å²) in [6.45, 7) is 10.5. The molecule has 0 saturated carbocycles. The van der Waals surface area contributed by atoms with Gasteiger partial charge in [0, 0.05) is 24.3 Å². The monoisotopic (exact) mass is 254 g/mol. The molecule has 1 heterocycles. The van der Waals surface area contributed by atoms with Crippen LogP contribution in [0.2, 0.25) is 0 Å². The van der Waals surface area contributed by atoms with Gasteiger partial charge in [0.2, 0.25) is 0 Å². The van der Waals surface area contributed by atoms with Crippen molar-refractivity contribution in [3.8, 4) is 5.88 Å². The molecule has 1 unspecified atom stereocenters. The van der Waals surface area contributed by atoms with Crippen LogP contribution in [-0.4, -0.2) is 17.1 Å². The van der Waals surface area contributed by atoms with Crippen LogP contribution in [0.1, 0.15) is 40.2 Å². The molecular formula is C14H23FN2O. The van der Waals surface area contributed by atoms with Crippen molar-refractivity contribution >= 4 is 0 Å². The minimum atomic E-state index is -0.363. The SMILES string of the molecule is CC(C)NCc1ccnc(OC(C)C(C)C)c1F. The number of hydrogen-bond acceptors (Lipinski definition) is 3. The molecule has 0 fully saturated rings. The van der Waals surface area contributed by atoms with Crippen molar-refractivity contribution in [2.45, 2.75) is 53.3 Å². The number of pyridine rings is 1. The highest BCUT2D eigenvalue weighted by Gasteiger charge is 2.15. The summed E-state index contributed by atoms with van der Waals surface area (Å²) >= 11 is 0. The van der Waals surface area contributed by atoms with Crippen molar-refractivity contribution < 1.29 is 9.13 Å². The molecule has 0 spiro atoms. The van der Waals surface area contributed by atoms with E-state index in [9.17, 15) is 4.39 Å². The molecule has 0 radical (unpaired) electrons. The Bertz CT molecular complexity index is 380. The van der Waals surface area contributed by atoms with Gasteiger partial charge in [0.1, 0.15) is 6.10 Å². The maximum absolute atomic E-state index is 14.1. The van der Waals surface area contributed by atoms with Crippen LogP contribution < -0.4 is 10.1 Å². The summed E-state index contributed by atoms with van der Waals surface area (Å²) in [6.07, 6.45) is 1.53. The molecular weight excluding hydrogens is 231 g/mol. The highest BCUT2D eigenvalue weighted by atomic mass is 19.1. The van der Waals surface area contributed by atoms with Crippen molar-refractivity contribution in [1.82, 2.24) is 10.3 Å². The van der Waals surface area contributed by atoms with Crippen molar-refractivity contribution in [1.29, 1.82) is 0 Å². The molecule has 0 bridgehead atoms. The second-order valence-electron chi connectivity index (χ2n) is 5.19. The minimum Gasteiger partial charge on any atom is -0.472 e. The van der Waals surface area contributed by atoms with E-state index >= 15 is 0 Å². The van der Waals surface area contributed by atoms with Gasteiger partial charge >= 0.3 is 0 Å². The number of aromatic nitrogens is 1. The molecule has 1 rings (SSSR count). The molecule has 4 heteroatoms. The molecule has 0 amide bonds. The smallest absolute Gasteiger partial charge is 0.250 e. The van der Waals surface area contributed by atoms with E-state index in [1.807, 2.05) is 34.6 Å². The normalized spacial score (nSPS) is 13.1.